The Morgan fingerprint density at radius 2 is 1.69 bits per heavy atom. The number of sulfone groups is 1. The van der Waals surface area contributed by atoms with Gasteiger partial charge in [0.1, 0.15) is 0 Å². The molecule has 1 aromatic rings. The van der Waals surface area contributed by atoms with E-state index >= 15 is 0 Å². The van der Waals surface area contributed by atoms with Crippen molar-refractivity contribution in [2.24, 2.45) is 5.92 Å². The predicted molar refractivity (Wildman–Crippen MR) is 114 cm³/mol. The van der Waals surface area contributed by atoms with E-state index in [2.05, 4.69) is 33.9 Å². The van der Waals surface area contributed by atoms with Gasteiger partial charge in [0.25, 0.3) is 0 Å². The van der Waals surface area contributed by atoms with Gasteiger partial charge in [-0.3, -0.25) is 0 Å². The fraction of sp³-hybridized carbons (Fsp3) is 0.619. The molecular formula is C21H36O3SSi. The van der Waals surface area contributed by atoms with Crippen molar-refractivity contribution < 1.29 is 12.8 Å². The van der Waals surface area contributed by atoms with Gasteiger partial charge >= 0.3 is 0 Å². The van der Waals surface area contributed by atoms with Crippen LogP contribution in [0.25, 0.3) is 0 Å². The molecule has 0 amide bonds. The molecule has 0 aliphatic heterocycles. The number of benzene rings is 1. The third kappa shape index (κ3) is 6.07. The Labute approximate surface area is 161 Å². The molecule has 26 heavy (non-hydrogen) atoms. The van der Waals surface area contributed by atoms with E-state index in [1.54, 1.807) is 24.3 Å². The van der Waals surface area contributed by atoms with Gasteiger partial charge in [-0.05, 0) is 56.5 Å². The van der Waals surface area contributed by atoms with Crippen LogP contribution in [-0.4, -0.2) is 28.6 Å². The van der Waals surface area contributed by atoms with Crippen LogP contribution in [0.15, 0.2) is 46.9 Å². The Bertz CT molecular complexity index is 697. The average molecular weight is 397 g/mol. The highest BCUT2D eigenvalue weighted by atomic mass is 32.2. The molecule has 0 aliphatic carbocycles. The molecule has 0 bridgehead atoms. The zero-order chi connectivity index (χ0) is 20.2. The lowest BCUT2D eigenvalue weighted by molar-refractivity contribution is 0.232. The average Bonchev–Trinajstić information content (AvgIpc) is 2.52. The van der Waals surface area contributed by atoms with Crippen molar-refractivity contribution in [3.05, 3.63) is 42.0 Å². The first-order valence-electron chi connectivity index (χ1n) is 9.35. The van der Waals surface area contributed by atoms with Crippen LogP contribution in [-0.2, 0) is 14.3 Å². The van der Waals surface area contributed by atoms with Gasteiger partial charge in [-0.1, -0.05) is 57.5 Å². The van der Waals surface area contributed by atoms with Crippen LogP contribution in [0.1, 0.15) is 48.0 Å². The molecule has 5 heteroatoms. The summed E-state index contributed by atoms with van der Waals surface area (Å²) in [4.78, 5) is 0.395. The van der Waals surface area contributed by atoms with E-state index in [0.29, 0.717) is 17.9 Å². The zero-order valence-corrected chi connectivity index (χ0v) is 19.5. The highest BCUT2D eigenvalue weighted by Gasteiger charge is 2.39. The Hall–Kier alpha value is -0.913. The normalized spacial score (nSPS) is 15.4. The second-order valence-electron chi connectivity index (χ2n) is 8.96. The van der Waals surface area contributed by atoms with Crippen LogP contribution in [0, 0.1) is 5.92 Å². The largest absolute Gasteiger partial charge is 0.417 e. The third-order valence-electron chi connectivity index (χ3n) is 5.38. The van der Waals surface area contributed by atoms with Crippen molar-refractivity contribution in [3.63, 3.8) is 0 Å². The molecule has 0 radical (unpaired) electrons. The Morgan fingerprint density at radius 3 is 2.15 bits per heavy atom. The quantitative estimate of drug-likeness (QED) is 0.409. The summed E-state index contributed by atoms with van der Waals surface area (Å²) in [6, 6.07) is 8.77. The minimum absolute atomic E-state index is 0.0788. The molecule has 0 N–H and O–H groups in total. The third-order valence-corrected chi connectivity index (χ3v) is 12.3. The molecule has 2 atom stereocenters. The van der Waals surface area contributed by atoms with E-state index in [0.717, 1.165) is 5.57 Å². The molecule has 0 fully saturated rings. The second kappa shape index (κ2) is 8.85. The lowest BCUT2D eigenvalue weighted by atomic mass is 10.1. The van der Waals surface area contributed by atoms with Gasteiger partial charge in [0.05, 0.1) is 10.1 Å². The van der Waals surface area contributed by atoms with Crippen molar-refractivity contribution in [1.82, 2.24) is 0 Å². The molecule has 0 saturated heterocycles. The van der Waals surface area contributed by atoms with Crippen LogP contribution in [0.5, 0.6) is 0 Å². The fourth-order valence-electron chi connectivity index (χ4n) is 2.47. The summed E-state index contributed by atoms with van der Waals surface area (Å²) in [5.41, 5.74) is 1.13. The van der Waals surface area contributed by atoms with Crippen LogP contribution in [0.2, 0.25) is 18.1 Å². The molecule has 0 heterocycles. The Balaban J connectivity index is 3.09. The molecule has 3 nitrogen and oxygen atoms in total. The molecule has 0 aromatic heterocycles. The fourth-order valence-corrected chi connectivity index (χ4v) is 5.50. The van der Waals surface area contributed by atoms with E-state index in [-0.39, 0.29) is 11.0 Å². The number of hydrogen-bond acceptors (Lipinski definition) is 3. The summed E-state index contributed by atoms with van der Waals surface area (Å²) < 4.78 is 32.8. The van der Waals surface area contributed by atoms with Gasteiger partial charge in [0.2, 0.25) is 0 Å². The van der Waals surface area contributed by atoms with Gasteiger partial charge in [-0.25, -0.2) is 8.42 Å². The maximum absolute atomic E-state index is 13.2. The van der Waals surface area contributed by atoms with E-state index in [4.69, 9.17) is 4.43 Å². The molecule has 148 valence electrons. The van der Waals surface area contributed by atoms with E-state index in [1.165, 1.54) is 0 Å². The Kier molecular flexibility index (Phi) is 7.87. The molecule has 0 aliphatic rings. The molecule has 0 spiro atoms. The molecule has 0 saturated carbocycles. The molecule has 0 unspecified atom stereocenters. The number of rotatable bonds is 8. The summed E-state index contributed by atoms with van der Waals surface area (Å²) in [7, 11) is -5.32. The number of hydrogen-bond donors (Lipinski definition) is 0. The van der Waals surface area contributed by atoms with Gasteiger partial charge in [0.15, 0.2) is 18.2 Å². The van der Waals surface area contributed by atoms with Gasteiger partial charge in [-0.15, -0.1) is 0 Å². The van der Waals surface area contributed by atoms with Crippen molar-refractivity contribution in [2.45, 2.75) is 76.2 Å². The summed E-state index contributed by atoms with van der Waals surface area (Å²) in [6.45, 7) is 17.5. The van der Waals surface area contributed by atoms with Crippen molar-refractivity contribution in [2.75, 3.05) is 6.61 Å². The summed E-state index contributed by atoms with van der Waals surface area (Å²) in [5.74, 6) is -0.0788. The van der Waals surface area contributed by atoms with Crippen molar-refractivity contribution in [3.8, 4) is 0 Å². The first-order valence-corrected chi connectivity index (χ1v) is 13.8. The lowest BCUT2D eigenvalue weighted by Gasteiger charge is -2.37. The van der Waals surface area contributed by atoms with Crippen LogP contribution in [0.3, 0.4) is 0 Å². The van der Waals surface area contributed by atoms with Crippen LogP contribution in [0.4, 0.5) is 0 Å². The minimum Gasteiger partial charge on any atom is -0.417 e. The number of allylic oxidation sites excluding steroid dienone is 2. The Morgan fingerprint density at radius 1 is 1.15 bits per heavy atom. The minimum atomic E-state index is -3.41. The first kappa shape index (κ1) is 23.1. The van der Waals surface area contributed by atoms with Crippen LogP contribution < -0.4 is 0 Å². The summed E-state index contributed by atoms with van der Waals surface area (Å²) in [5, 5.41) is -0.370. The van der Waals surface area contributed by atoms with Crippen molar-refractivity contribution in [1.29, 1.82) is 0 Å². The van der Waals surface area contributed by atoms with E-state index in [1.807, 2.05) is 32.9 Å². The smallest absolute Gasteiger partial charge is 0.191 e. The zero-order valence-electron chi connectivity index (χ0n) is 17.7. The van der Waals surface area contributed by atoms with Gasteiger partial charge < -0.3 is 4.43 Å². The summed E-state index contributed by atoms with van der Waals surface area (Å²) >= 11 is 0. The molecule has 1 rings (SSSR count). The maximum atomic E-state index is 13.2. The second-order valence-corrected chi connectivity index (χ2v) is 15.9. The van der Waals surface area contributed by atoms with E-state index in [9.17, 15) is 8.42 Å². The maximum Gasteiger partial charge on any atom is 0.191 e. The van der Waals surface area contributed by atoms with E-state index < -0.39 is 23.4 Å². The topological polar surface area (TPSA) is 43.4 Å². The molecular weight excluding hydrogens is 360 g/mol. The van der Waals surface area contributed by atoms with Crippen molar-refractivity contribution >= 4 is 18.2 Å². The SMILES string of the molecule is CC(C)=CC[C@H]([C@H](C)CO[Si](C)(C)C(C)(C)C)S(=O)(=O)c1ccccc1. The lowest BCUT2D eigenvalue weighted by Crippen LogP contribution is -2.43. The monoisotopic (exact) mass is 396 g/mol. The standard InChI is InChI=1S/C21H36O3SSi/c1-17(2)14-15-20(25(22,23)19-12-10-9-11-13-19)18(3)16-24-26(7,8)21(4,5)6/h9-14,18,20H,15-16H2,1-8H3/t18-,20-/m1/s1. The van der Waals surface area contributed by atoms with Gasteiger partial charge in [-0.2, -0.15) is 0 Å². The highest BCUT2D eigenvalue weighted by Crippen LogP contribution is 2.37. The summed E-state index contributed by atoms with van der Waals surface area (Å²) in [6.07, 6.45) is 2.54. The highest BCUT2D eigenvalue weighted by molar-refractivity contribution is 7.92. The molecule has 1 aromatic carbocycles. The van der Waals surface area contributed by atoms with Gasteiger partial charge in [0, 0.05) is 6.61 Å². The predicted octanol–water partition coefficient (Wildman–Crippen LogP) is 5.84. The van der Waals surface area contributed by atoms with Crippen LogP contribution >= 0.6 is 0 Å². The first-order chi connectivity index (χ1) is 11.8.